The number of methoxy groups -OCH3 is 1. The Bertz CT molecular complexity index is 1340. The first kappa shape index (κ1) is 19.5. The van der Waals surface area contributed by atoms with Gasteiger partial charge in [-0.25, -0.2) is 9.78 Å². The highest BCUT2D eigenvalue weighted by atomic mass is 19.4. The van der Waals surface area contributed by atoms with Crippen molar-refractivity contribution in [2.24, 2.45) is 13.0 Å². The van der Waals surface area contributed by atoms with Gasteiger partial charge < -0.3 is 23.4 Å². The Hall–Kier alpha value is -3.43. The lowest BCUT2D eigenvalue weighted by molar-refractivity contribution is -0.152. The number of aromatic carboxylic acids is 1. The van der Waals surface area contributed by atoms with Crippen LogP contribution in [0.1, 0.15) is 29.0 Å². The lowest BCUT2D eigenvalue weighted by atomic mass is 10.2. The molecule has 3 aromatic heterocycles. The number of imidazole rings is 1. The highest BCUT2D eigenvalue weighted by molar-refractivity contribution is 5.96. The Morgan fingerprint density at radius 2 is 2.03 bits per heavy atom. The van der Waals surface area contributed by atoms with Gasteiger partial charge in [0, 0.05) is 19.0 Å². The van der Waals surface area contributed by atoms with Gasteiger partial charge in [-0.2, -0.15) is 13.2 Å². The predicted molar refractivity (Wildman–Crippen MR) is 105 cm³/mol. The van der Waals surface area contributed by atoms with Gasteiger partial charge in [-0.05, 0) is 43.0 Å². The summed E-state index contributed by atoms with van der Waals surface area (Å²) < 4.78 is 53.5. The van der Waals surface area contributed by atoms with Crippen LogP contribution in [0, 0.1) is 5.92 Å². The zero-order valence-electron chi connectivity index (χ0n) is 16.7. The van der Waals surface area contributed by atoms with Gasteiger partial charge in [0.1, 0.15) is 11.3 Å². The van der Waals surface area contributed by atoms with E-state index in [4.69, 9.17) is 9.15 Å². The van der Waals surface area contributed by atoms with E-state index in [1.165, 1.54) is 19.2 Å². The van der Waals surface area contributed by atoms with Crippen LogP contribution in [0.2, 0.25) is 0 Å². The average Bonchev–Trinajstić information content (AvgIpc) is 3.18. The molecule has 1 aliphatic carbocycles. The number of alkyl halides is 3. The van der Waals surface area contributed by atoms with Crippen molar-refractivity contribution >= 4 is 28.1 Å². The first-order chi connectivity index (χ1) is 14.7. The maximum absolute atomic E-state index is 13.1. The third-order valence-electron chi connectivity index (χ3n) is 5.62. The van der Waals surface area contributed by atoms with Crippen molar-refractivity contribution in [1.29, 1.82) is 0 Å². The molecule has 0 atom stereocenters. The average molecular weight is 433 g/mol. The van der Waals surface area contributed by atoms with Crippen LogP contribution in [-0.2, 0) is 19.8 Å². The van der Waals surface area contributed by atoms with Crippen molar-refractivity contribution in [3.05, 3.63) is 35.6 Å². The first-order valence-corrected chi connectivity index (χ1v) is 9.65. The fraction of sp³-hybridized carbons (Fsp3) is 0.333. The van der Waals surface area contributed by atoms with Gasteiger partial charge >= 0.3 is 12.1 Å². The van der Waals surface area contributed by atoms with Gasteiger partial charge in [0.2, 0.25) is 11.5 Å². The normalized spacial score (nSPS) is 14.6. The van der Waals surface area contributed by atoms with Crippen LogP contribution in [0.25, 0.3) is 33.7 Å². The molecule has 0 bridgehead atoms. The molecule has 162 valence electrons. The number of ether oxygens (including phenoxy) is 1. The van der Waals surface area contributed by atoms with Crippen molar-refractivity contribution in [1.82, 2.24) is 14.1 Å². The van der Waals surface area contributed by atoms with Crippen LogP contribution >= 0.6 is 0 Å². The number of benzene rings is 1. The maximum Gasteiger partial charge on any atom is 0.449 e. The smallest absolute Gasteiger partial charge is 0.449 e. The van der Waals surface area contributed by atoms with Crippen molar-refractivity contribution in [3.63, 3.8) is 0 Å². The van der Waals surface area contributed by atoms with Gasteiger partial charge in [-0.1, -0.05) is 0 Å². The molecule has 0 radical (unpaired) electrons. The second kappa shape index (κ2) is 6.53. The maximum atomic E-state index is 13.1. The number of halogens is 3. The van der Waals surface area contributed by atoms with Crippen LogP contribution < -0.4 is 4.74 Å². The molecular formula is C21H18F3N3O4. The molecule has 0 spiro atoms. The Morgan fingerprint density at radius 3 is 2.65 bits per heavy atom. The Kier molecular flexibility index (Phi) is 4.11. The SMILES string of the molecule is COc1cc(C(=O)O)cc2nc(-c3cc4cc(C(F)(F)F)oc4n3CC3CC3)n(C)c12. The van der Waals surface area contributed by atoms with E-state index in [1.54, 1.807) is 22.2 Å². The molecule has 7 nitrogen and oxygen atoms in total. The molecular weight excluding hydrogens is 415 g/mol. The van der Waals surface area contributed by atoms with E-state index in [-0.39, 0.29) is 11.3 Å². The fourth-order valence-electron chi connectivity index (χ4n) is 3.93. The van der Waals surface area contributed by atoms with E-state index in [9.17, 15) is 23.1 Å². The molecule has 10 heteroatoms. The van der Waals surface area contributed by atoms with Crippen LogP contribution in [0.3, 0.4) is 0 Å². The zero-order chi connectivity index (χ0) is 22.1. The summed E-state index contributed by atoms with van der Waals surface area (Å²) in [7, 11) is 3.19. The zero-order valence-corrected chi connectivity index (χ0v) is 16.7. The molecule has 0 aliphatic heterocycles. The highest BCUT2D eigenvalue weighted by Crippen LogP contribution is 2.41. The Morgan fingerprint density at radius 1 is 1.29 bits per heavy atom. The van der Waals surface area contributed by atoms with Crippen LogP contribution in [0.5, 0.6) is 5.75 Å². The molecule has 1 N–H and O–H groups in total. The molecule has 31 heavy (non-hydrogen) atoms. The molecule has 1 aliphatic rings. The van der Waals surface area contributed by atoms with Crippen LogP contribution in [0.4, 0.5) is 13.2 Å². The molecule has 1 aromatic carbocycles. The van der Waals surface area contributed by atoms with Gasteiger partial charge in [-0.15, -0.1) is 0 Å². The van der Waals surface area contributed by atoms with Crippen molar-refractivity contribution < 1.29 is 32.2 Å². The number of nitrogens with zero attached hydrogens (tertiary/aromatic N) is 3. The number of furan rings is 1. The number of hydrogen-bond donors (Lipinski definition) is 1. The second-order valence-electron chi connectivity index (χ2n) is 7.80. The number of carboxylic acid groups (broad SMARTS) is 1. The van der Waals surface area contributed by atoms with Crippen LogP contribution in [0.15, 0.2) is 28.7 Å². The van der Waals surface area contributed by atoms with E-state index >= 15 is 0 Å². The monoisotopic (exact) mass is 433 g/mol. The number of rotatable bonds is 5. The second-order valence-corrected chi connectivity index (χ2v) is 7.80. The molecule has 0 unspecified atom stereocenters. The standard InChI is InChI=1S/C21H18F3N3O4/c1-26-17-13(5-12(20(28)29)7-15(17)30-2)25-18(26)14-6-11-8-16(21(22,23)24)31-19(11)27(14)9-10-3-4-10/h5-8,10H,3-4,9H2,1-2H3,(H,28,29). The molecule has 1 fully saturated rings. The summed E-state index contributed by atoms with van der Waals surface area (Å²) in [5, 5.41) is 9.71. The highest BCUT2D eigenvalue weighted by Gasteiger charge is 2.37. The third kappa shape index (κ3) is 3.13. The first-order valence-electron chi connectivity index (χ1n) is 9.65. The summed E-state index contributed by atoms with van der Waals surface area (Å²) in [5.74, 6) is -0.944. The number of fused-ring (bicyclic) bond motifs is 2. The van der Waals surface area contributed by atoms with Crippen molar-refractivity contribution in [2.45, 2.75) is 25.6 Å². The Labute approximate surface area is 173 Å². The van der Waals surface area contributed by atoms with Crippen molar-refractivity contribution in [2.75, 3.05) is 7.11 Å². The van der Waals surface area contributed by atoms with Gasteiger partial charge in [0.25, 0.3) is 0 Å². The van der Waals surface area contributed by atoms with Gasteiger partial charge in [0.15, 0.2) is 5.82 Å². The van der Waals surface area contributed by atoms with Crippen LogP contribution in [-0.4, -0.2) is 32.3 Å². The summed E-state index contributed by atoms with van der Waals surface area (Å²) in [6, 6.07) is 5.49. The topological polar surface area (TPSA) is 82.4 Å². The minimum Gasteiger partial charge on any atom is -0.494 e. The predicted octanol–water partition coefficient (Wildman–Crippen LogP) is 4.92. The minimum atomic E-state index is -4.57. The van der Waals surface area contributed by atoms with E-state index in [1.807, 2.05) is 0 Å². The summed E-state index contributed by atoms with van der Waals surface area (Å²) >= 11 is 0. The quantitative estimate of drug-likeness (QED) is 0.483. The summed E-state index contributed by atoms with van der Waals surface area (Å²) in [4.78, 5) is 16.1. The largest absolute Gasteiger partial charge is 0.494 e. The minimum absolute atomic E-state index is 0.0333. The molecule has 4 aromatic rings. The molecule has 0 amide bonds. The summed E-state index contributed by atoms with van der Waals surface area (Å²) in [5.41, 5.74) is 1.80. The lowest BCUT2D eigenvalue weighted by Crippen LogP contribution is -2.06. The van der Waals surface area contributed by atoms with E-state index < -0.39 is 17.9 Å². The fourth-order valence-corrected chi connectivity index (χ4v) is 3.93. The molecule has 5 rings (SSSR count). The van der Waals surface area contributed by atoms with E-state index in [2.05, 4.69) is 4.98 Å². The lowest BCUT2D eigenvalue weighted by Gasteiger charge is -2.10. The van der Waals surface area contributed by atoms with Gasteiger partial charge in [0.05, 0.1) is 23.9 Å². The number of carboxylic acids is 1. The van der Waals surface area contributed by atoms with E-state index in [0.717, 1.165) is 18.9 Å². The summed E-state index contributed by atoms with van der Waals surface area (Å²) in [6.07, 6.45) is -2.56. The van der Waals surface area contributed by atoms with Gasteiger partial charge in [-0.3, -0.25) is 0 Å². The number of aryl methyl sites for hydroxylation is 1. The number of carbonyl (C=O) groups is 1. The van der Waals surface area contributed by atoms with Crippen molar-refractivity contribution in [3.8, 4) is 17.3 Å². The molecule has 0 saturated heterocycles. The number of aromatic nitrogens is 3. The molecule has 1 saturated carbocycles. The number of hydrogen-bond acceptors (Lipinski definition) is 4. The molecule has 3 heterocycles. The van der Waals surface area contributed by atoms with E-state index in [0.29, 0.717) is 46.2 Å². The summed E-state index contributed by atoms with van der Waals surface area (Å²) in [6.45, 7) is 0.518. The Balaban J connectivity index is 1.73. The third-order valence-corrected chi connectivity index (χ3v) is 5.62.